The third-order valence-corrected chi connectivity index (χ3v) is 8.75. The van der Waals surface area contributed by atoms with Crippen LogP contribution in [0.25, 0.3) is 0 Å². The quantitative estimate of drug-likeness (QED) is 0.185. The number of ketones is 1. The lowest BCUT2D eigenvalue weighted by Crippen LogP contribution is -2.64. The molecule has 0 unspecified atom stereocenters. The molecular formula is C28H34N2O8. The highest BCUT2D eigenvalue weighted by atomic mass is 16.6. The van der Waals surface area contributed by atoms with Gasteiger partial charge in [0.25, 0.3) is 0 Å². The van der Waals surface area contributed by atoms with Crippen molar-refractivity contribution in [2.75, 3.05) is 7.11 Å². The topological polar surface area (TPSA) is 134 Å². The zero-order valence-corrected chi connectivity index (χ0v) is 22.4. The number of esters is 3. The highest BCUT2D eigenvalue weighted by Crippen LogP contribution is 2.65. The number of nitrogens with zero attached hydrogens (tertiary/aromatic N) is 2. The Morgan fingerprint density at radius 3 is 2.58 bits per heavy atom. The van der Waals surface area contributed by atoms with E-state index < -0.39 is 52.7 Å². The first kappa shape index (κ1) is 27.5. The van der Waals surface area contributed by atoms with E-state index in [0.29, 0.717) is 30.7 Å². The Morgan fingerprint density at radius 1 is 1.21 bits per heavy atom. The molecule has 38 heavy (non-hydrogen) atoms. The van der Waals surface area contributed by atoms with Crippen molar-refractivity contribution in [2.45, 2.75) is 65.6 Å². The van der Waals surface area contributed by atoms with Crippen LogP contribution in [0.2, 0.25) is 0 Å². The molecule has 4 rings (SSSR count). The number of hydrogen-bond donors (Lipinski definition) is 0. The molecule has 2 aliphatic carbocycles. The number of fused-ring (bicyclic) bond motifs is 3. The van der Waals surface area contributed by atoms with Gasteiger partial charge in [0.2, 0.25) is 0 Å². The summed E-state index contributed by atoms with van der Waals surface area (Å²) < 4.78 is 21.8. The van der Waals surface area contributed by atoms with E-state index >= 15 is 0 Å². The van der Waals surface area contributed by atoms with Gasteiger partial charge in [0, 0.05) is 24.1 Å². The van der Waals surface area contributed by atoms with Gasteiger partial charge in [-0.2, -0.15) is 0 Å². The van der Waals surface area contributed by atoms with Gasteiger partial charge in [0.05, 0.1) is 37.0 Å². The van der Waals surface area contributed by atoms with Crippen LogP contribution in [0.3, 0.4) is 0 Å². The zero-order chi connectivity index (χ0) is 27.8. The Bertz CT molecular complexity index is 1200. The van der Waals surface area contributed by atoms with Gasteiger partial charge in [-0.15, -0.1) is 0 Å². The summed E-state index contributed by atoms with van der Waals surface area (Å²) in [4.78, 5) is 61.1. The number of hydrogen-bond acceptors (Lipinski definition) is 9. The maximum atomic E-state index is 14.2. The number of aliphatic imine (C=N–C) groups is 2. The van der Waals surface area contributed by atoms with Crippen molar-refractivity contribution < 1.29 is 37.8 Å². The Labute approximate surface area is 221 Å². The Kier molecular flexibility index (Phi) is 7.45. The highest BCUT2D eigenvalue weighted by molar-refractivity contribution is 5.96. The first-order chi connectivity index (χ1) is 18.0. The Balaban J connectivity index is 1.72. The second kappa shape index (κ2) is 10.3. The highest BCUT2D eigenvalue weighted by Gasteiger charge is 2.67. The van der Waals surface area contributed by atoms with Gasteiger partial charge in [-0.05, 0) is 56.7 Å². The van der Waals surface area contributed by atoms with Crippen LogP contribution >= 0.6 is 0 Å². The summed E-state index contributed by atoms with van der Waals surface area (Å²) in [5, 5.41) is 0. The average Bonchev–Trinajstić information content (AvgIpc) is 3.42. The summed E-state index contributed by atoms with van der Waals surface area (Å²) >= 11 is 0. The molecule has 1 aliphatic heterocycles. The van der Waals surface area contributed by atoms with Gasteiger partial charge in [-0.1, -0.05) is 13.8 Å². The maximum absolute atomic E-state index is 14.2. The molecular weight excluding hydrogens is 492 g/mol. The monoisotopic (exact) mass is 526 g/mol. The third kappa shape index (κ3) is 4.61. The van der Waals surface area contributed by atoms with E-state index in [0.717, 1.165) is 0 Å². The summed E-state index contributed by atoms with van der Waals surface area (Å²) in [6, 6.07) is 1.73. The van der Waals surface area contributed by atoms with Gasteiger partial charge in [-0.25, -0.2) is 14.8 Å². The lowest BCUT2D eigenvalue weighted by Gasteiger charge is -2.61. The molecule has 0 bridgehead atoms. The maximum Gasteiger partial charge on any atom is 0.335 e. The largest absolute Gasteiger partial charge is 0.472 e. The van der Waals surface area contributed by atoms with Gasteiger partial charge in [-0.3, -0.25) is 14.4 Å². The van der Waals surface area contributed by atoms with Crippen LogP contribution in [0.15, 0.2) is 44.8 Å². The lowest BCUT2D eigenvalue weighted by atomic mass is 9.43. The fraction of sp³-hybridized carbons (Fsp3) is 0.571. The van der Waals surface area contributed by atoms with Gasteiger partial charge in [0.1, 0.15) is 11.9 Å². The van der Waals surface area contributed by atoms with Crippen molar-refractivity contribution in [2.24, 2.45) is 38.6 Å². The standard InChI is InChI=1S/C28H34N2O8/c1-15(13-30-16(2)29-5)24(32)37-20-11-19(25(33)35-6)27(3)9-7-18-26(34)38-21(17-8-10-36-14-17)12-28(18,4)23(27)22(20)31/h8,10,13-14,18-21,23H,5,7,9,11-12H2,1-4,6H3/b15-13+,30-16-/t18-,19-,20-,21-,23-,27-,28-/m0/s1. The van der Waals surface area contributed by atoms with E-state index in [1.54, 1.807) is 13.0 Å². The van der Waals surface area contributed by atoms with Crippen LogP contribution in [0.5, 0.6) is 0 Å². The van der Waals surface area contributed by atoms with Crippen LogP contribution in [0.1, 0.15) is 65.0 Å². The second-order valence-corrected chi connectivity index (χ2v) is 11.0. The molecule has 1 saturated heterocycles. The van der Waals surface area contributed by atoms with Gasteiger partial charge >= 0.3 is 17.9 Å². The summed E-state index contributed by atoms with van der Waals surface area (Å²) in [7, 11) is 1.30. The van der Waals surface area contributed by atoms with Crippen molar-refractivity contribution in [3.05, 3.63) is 35.9 Å². The minimum absolute atomic E-state index is 0.00435. The van der Waals surface area contributed by atoms with Gasteiger partial charge in [0.15, 0.2) is 11.9 Å². The van der Waals surface area contributed by atoms with Crippen molar-refractivity contribution in [3.63, 3.8) is 0 Å². The minimum Gasteiger partial charge on any atom is -0.472 e. The first-order valence-corrected chi connectivity index (χ1v) is 12.7. The molecule has 0 radical (unpaired) electrons. The first-order valence-electron chi connectivity index (χ1n) is 12.7. The molecule has 7 atom stereocenters. The molecule has 1 aromatic rings. The van der Waals surface area contributed by atoms with Crippen molar-refractivity contribution in [3.8, 4) is 0 Å². The van der Waals surface area contributed by atoms with Crippen LogP contribution in [-0.2, 0) is 33.4 Å². The predicted molar refractivity (Wildman–Crippen MR) is 136 cm³/mol. The summed E-state index contributed by atoms with van der Waals surface area (Å²) in [6.45, 7) is 10.3. The molecule has 10 nitrogen and oxygen atoms in total. The molecule has 0 N–H and O–H groups in total. The number of methoxy groups -OCH3 is 1. The number of ether oxygens (including phenoxy) is 3. The van der Waals surface area contributed by atoms with E-state index in [1.807, 2.05) is 13.8 Å². The summed E-state index contributed by atoms with van der Waals surface area (Å²) in [5.41, 5.74) is -0.774. The molecule has 10 heteroatoms. The van der Waals surface area contributed by atoms with Crippen LogP contribution in [0.4, 0.5) is 0 Å². The number of Topliss-reactive ketones (excluding diaryl/α,β-unsaturated/α-hetero) is 1. The number of cyclic esters (lactones) is 1. The lowest BCUT2D eigenvalue weighted by molar-refractivity contribution is -0.210. The minimum atomic E-state index is -1.18. The summed E-state index contributed by atoms with van der Waals surface area (Å²) in [6.07, 6.45) is 3.85. The molecule has 0 spiro atoms. The van der Waals surface area contributed by atoms with Crippen molar-refractivity contribution in [1.82, 2.24) is 0 Å². The zero-order valence-electron chi connectivity index (χ0n) is 22.4. The van der Waals surface area contributed by atoms with E-state index in [2.05, 4.69) is 16.7 Å². The van der Waals surface area contributed by atoms with E-state index in [4.69, 9.17) is 18.6 Å². The smallest absolute Gasteiger partial charge is 0.335 e. The predicted octanol–water partition coefficient (Wildman–Crippen LogP) is 4.00. The van der Waals surface area contributed by atoms with Crippen LogP contribution in [-0.4, -0.2) is 49.5 Å². The third-order valence-electron chi connectivity index (χ3n) is 8.75. The molecule has 0 amide bonds. The van der Waals surface area contributed by atoms with E-state index in [1.165, 1.54) is 32.8 Å². The van der Waals surface area contributed by atoms with Gasteiger partial charge < -0.3 is 18.6 Å². The SMILES string of the molecule is C=N/C(C)=N\C=C(/C)C(=O)O[C@H]1C[C@@H](C(=O)OC)[C@]2(C)CC[C@H]3C(=O)O[C@H](c4ccoc4)C[C@]3(C)[C@H]2C1=O. The molecule has 2 saturated carbocycles. The molecule has 204 valence electrons. The number of rotatable bonds is 5. The molecule has 1 aromatic heterocycles. The molecule has 3 fully saturated rings. The fourth-order valence-corrected chi connectivity index (χ4v) is 6.77. The molecule has 3 aliphatic rings. The fourth-order valence-electron chi connectivity index (χ4n) is 6.77. The average molecular weight is 527 g/mol. The second-order valence-electron chi connectivity index (χ2n) is 11.0. The van der Waals surface area contributed by atoms with Crippen molar-refractivity contribution >= 4 is 36.2 Å². The normalized spacial score (nSPS) is 35.4. The number of amidine groups is 1. The number of furan rings is 1. The summed E-state index contributed by atoms with van der Waals surface area (Å²) in [5.74, 6) is -3.50. The van der Waals surface area contributed by atoms with E-state index in [9.17, 15) is 19.2 Å². The Hall–Kier alpha value is -3.56. The Morgan fingerprint density at radius 2 is 1.95 bits per heavy atom. The van der Waals surface area contributed by atoms with Crippen LogP contribution < -0.4 is 0 Å². The van der Waals surface area contributed by atoms with Crippen LogP contribution in [0, 0.1) is 28.6 Å². The van der Waals surface area contributed by atoms with Crippen molar-refractivity contribution in [1.29, 1.82) is 0 Å². The van der Waals surface area contributed by atoms with E-state index in [-0.39, 0.29) is 23.7 Å². The molecule has 2 heterocycles. The number of carbonyl (C=O) groups excluding carboxylic acids is 4. The molecule has 0 aromatic carbocycles. The number of carbonyl (C=O) groups is 4.